The second-order valence-electron chi connectivity index (χ2n) is 7.76. The second kappa shape index (κ2) is 7.79. The summed E-state index contributed by atoms with van der Waals surface area (Å²) in [6, 6.07) is 8.08. The molecule has 3 nitrogen and oxygen atoms in total. The number of hydrogen-bond acceptors (Lipinski definition) is 2. The lowest BCUT2D eigenvalue weighted by Gasteiger charge is -2.34. The molecule has 0 bridgehead atoms. The zero-order chi connectivity index (χ0) is 19.7. The average molecular weight is 381 g/mol. The van der Waals surface area contributed by atoms with Crippen molar-refractivity contribution in [1.82, 2.24) is 9.47 Å². The molecule has 2 heterocycles. The van der Waals surface area contributed by atoms with Crippen LogP contribution in [-0.2, 0) is 0 Å². The second-order valence-corrected chi connectivity index (χ2v) is 7.76. The van der Waals surface area contributed by atoms with Crippen molar-refractivity contribution in [2.45, 2.75) is 44.7 Å². The van der Waals surface area contributed by atoms with E-state index in [2.05, 4.69) is 22.8 Å². The van der Waals surface area contributed by atoms with Crippen molar-refractivity contribution >= 4 is 16.6 Å². The largest absolute Gasteiger partial charge is 0.358 e. The molecule has 1 aromatic heterocycles. The molecule has 1 aliphatic carbocycles. The van der Waals surface area contributed by atoms with E-state index in [9.17, 15) is 14.0 Å². The number of allylic oxidation sites excluding steroid dienone is 2. The van der Waals surface area contributed by atoms with Crippen LogP contribution in [0.5, 0.6) is 0 Å². The van der Waals surface area contributed by atoms with Gasteiger partial charge in [-0.05, 0) is 38.0 Å². The summed E-state index contributed by atoms with van der Waals surface area (Å²) >= 11 is 0. The number of alkyl halides is 2. The van der Waals surface area contributed by atoms with Gasteiger partial charge in [0.25, 0.3) is 0 Å². The Morgan fingerprint density at radius 2 is 1.96 bits per heavy atom. The van der Waals surface area contributed by atoms with Crippen molar-refractivity contribution < 1.29 is 8.78 Å². The van der Waals surface area contributed by atoms with E-state index >= 15 is 0 Å². The van der Waals surface area contributed by atoms with E-state index in [1.54, 1.807) is 4.90 Å². The first-order chi connectivity index (χ1) is 13.7. The Bertz CT molecular complexity index is 970. The Morgan fingerprint density at radius 3 is 2.64 bits per heavy atom. The third-order valence-electron chi connectivity index (χ3n) is 6.00. The summed E-state index contributed by atoms with van der Waals surface area (Å²) < 4.78 is 29.4. The Morgan fingerprint density at radius 1 is 1.21 bits per heavy atom. The molecule has 5 heteroatoms. The van der Waals surface area contributed by atoms with Gasteiger partial charge in [-0.15, -0.1) is 0 Å². The number of nitrogens with zero attached hydrogens (tertiary/aromatic N) is 3. The molecule has 0 N–H and O–H groups in total. The molecule has 1 aromatic carbocycles. The summed E-state index contributed by atoms with van der Waals surface area (Å²) in [5.41, 5.74) is 4.30. The molecule has 0 amide bonds. The van der Waals surface area contributed by atoms with E-state index in [1.165, 1.54) is 0 Å². The van der Waals surface area contributed by atoms with Crippen molar-refractivity contribution in [1.29, 1.82) is 5.26 Å². The highest BCUT2D eigenvalue weighted by molar-refractivity contribution is 5.93. The van der Waals surface area contributed by atoms with E-state index in [0.29, 0.717) is 18.2 Å². The van der Waals surface area contributed by atoms with Crippen LogP contribution in [0.1, 0.15) is 48.5 Å². The van der Waals surface area contributed by atoms with Crippen molar-refractivity contribution in [2.75, 3.05) is 19.9 Å². The molecule has 28 heavy (non-hydrogen) atoms. The molecule has 1 aliphatic heterocycles. The molecule has 4 rings (SSSR count). The number of hydrogen-bond donors (Lipinski definition) is 0. The average Bonchev–Trinajstić information content (AvgIpc) is 3.34. The fourth-order valence-electron chi connectivity index (χ4n) is 4.63. The molecule has 0 spiro atoms. The molecule has 2 aliphatic rings. The van der Waals surface area contributed by atoms with Crippen LogP contribution in [0.4, 0.5) is 8.78 Å². The van der Waals surface area contributed by atoms with Crippen molar-refractivity contribution in [3.8, 4) is 6.07 Å². The van der Waals surface area contributed by atoms with Crippen LogP contribution in [0.2, 0.25) is 0 Å². The summed E-state index contributed by atoms with van der Waals surface area (Å²) in [5, 5.41) is 11.0. The SMILES string of the molecule is Cc1ccc2c(c1)c(C#N)c(C1=CC=CCN1C(CF)CF)n2C1CCCC1. The lowest BCUT2D eigenvalue weighted by atomic mass is 10.0. The first kappa shape index (κ1) is 18.7. The Balaban J connectivity index is 1.99. The molecular formula is C23H25F2N3. The molecule has 0 atom stereocenters. The zero-order valence-electron chi connectivity index (χ0n) is 16.2. The highest BCUT2D eigenvalue weighted by atomic mass is 19.1. The van der Waals surface area contributed by atoms with Crippen LogP contribution >= 0.6 is 0 Å². The summed E-state index contributed by atoms with van der Waals surface area (Å²) in [6.07, 6.45) is 10.2. The van der Waals surface area contributed by atoms with Gasteiger partial charge < -0.3 is 9.47 Å². The number of halogens is 2. The van der Waals surface area contributed by atoms with E-state index in [1.807, 2.05) is 31.2 Å². The quantitative estimate of drug-likeness (QED) is 0.689. The van der Waals surface area contributed by atoms with Gasteiger partial charge in [-0.25, -0.2) is 8.78 Å². The predicted molar refractivity (Wildman–Crippen MR) is 108 cm³/mol. The first-order valence-electron chi connectivity index (χ1n) is 10.00. The van der Waals surface area contributed by atoms with E-state index < -0.39 is 19.4 Å². The van der Waals surface area contributed by atoms with Gasteiger partial charge in [-0.3, -0.25) is 0 Å². The molecular weight excluding hydrogens is 356 g/mol. The highest BCUT2D eigenvalue weighted by Crippen LogP contribution is 2.41. The minimum atomic E-state index is -0.834. The Hall–Kier alpha value is -2.61. The van der Waals surface area contributed by atoms with Crippen molar-refractivity contribution in [2.24, 2.45) is 0 Å². The Labute approximate surface area is 164 Å². The molecule has 1 fully saturated rings. The normalized spacial score (nSPS) is 17.5. The van der Waals surface area contributed by atoms with Crippen LogP contribution in [-0.4, -0.2) is 35.4 Å². The standard InChI is InChI=1S/C23H25F2N3/c1-16-9-10-21-19(12-16)20(15-26)23(28(21)17-6-2-3-7-17)22-8-4-5-11-27(22)18(13-24)14-25/h4-5,8-10,12,17-18H,2-3,6-7,11,13-14H2,1H3. The van der Waals surface area contributed by atoms with Gasteiger partial charge in [0.1, 0.15) is 19.4 Å². The smallest absolute Gasteiger partial charge is 0.112 e. The number of benzene rings is 1. The van der Waals surface area contributed by atoms with Crippen LogP contribution in [0, 0.1) is 18.3 Å². The number of aryl methyl sites for hydroxylation is 1. The highest BCUT2D eigenvalue weighted by Gasteiger charge is 2.31. The third-order valence-corrected chi connectivity index (χ3v) is 6.00. The fraction of sp³-hybridized carbons (Fsp3) is 0.435. The third kappa shape index (κ3) is 3.01. The maximum atomic E-state index is 13.6. The predicted octanol–water partition coefficient (Wildman–Crippen LogP) is 5.46. The maximum Gasteiger partial charge on any atom is 0.112 e. The molecule has 0 unspecified atom stereocenters. The zero-order valence-corrected chi connectivity index (χ0v) is 16.2. The number of aromatic nitrogens is 1. The van der Waals surface area contributed by atoms with E-state index in [-0.39, 0.29) is 0 Å². The lowest BCUT2D eigenvalue weighted by molar-refractivity contribution is 0.211. The van der Waals surface area contributed by atoms with Crippen molar-refractivity contribution in [3.63, 3.8) is 0 Å². The number of rotatable bonds is 5. The van der Waals surface area contributed by atoms with Gasteiger partial charge in [0, 0.05) is 18.0 Å². The molecule has 0 saturated heterocycles. The monoisotopic (exact) mass is 381 g/mol. The Kier molecular flexibility index (Phi) is 5.21. The maximum absolute atomic E-state index is 13.6. The van der Waals surface area contributed by atoms with Crippen LogP contribution in [0.3, 0.4) is 0 Å². The fourth-order valence-corrected chi connectivity index (χ4v) is 4.63. The van der Waals surface area contributed by atoms with Crippen molar-refractivity contribution in [3.05, 3.63) is 53.2 Å². The van der Waals surface area contributed by atoms with Gasteiger partial charge in [0.2, 0.25) is 0 Å². The summed E-state index contributed by atoms with van der Waals surface area (Å²) in [7, 11) is 0. The topological polar surface area (TPSA) is 32.0 Å². The van der Waals surface area contributed by atoms with Gasteiger partial charge in [0.15, 0.2) is 0 Å². The number of fused-ring (bicyclic) bond motifs is 1. The van der Waals surface area contributed by atoms with Gasteiger partial charge in [-0.1, -0.05) is 36.6 Å². The van der Waals surface area contributed by atoms with Gasteiger partial charge in [0.05, 0.1) is 28.5 Å². The van der Waals surface area contributed by atoms with E-state index in [4.69, 9.17) is 0 Å². The van der Waals surface area contributed by atoms with Gasteiger partial charge in [-0.2, -0.15) is 5.26 Å². The van der Waals surface area contributed by atoms with Crippen LogP contribution in [0.15, 0.2) is 36.4 Å². The lowest BCUT2D eigenvalue weighted by Crippen LogP contribution is -2.39. The van der Waals surface area contributed by atoms with Crippen LogP contribution in [0.25, 0.3) is 16.6 Å². The van der Waals surface area contributed by atoms with E-state index in [0.717, 1.165) is 53.5 Å². The summed E-state index contributed by atoms with van der Waals surface area (Å²) in [5.74, 6) is 0. The molecule has 2 aromatic rings. The minimum absolute atomic E-state index is 0.310. The molecule has 146 valence electrons. The van der Waals surface area contributed by atoms with Crippen LogP contribution < -0.4 is 0 Å². The summed E-state index contributed by atoms with van der Waals surface area (Å²) in [6.45, 7) is 0.948. The summed E-state index contributed by atoms with van der Waals surface area (Å²) in [4.78, 5) is 1.77. The molecule has 1 saturated carbocycles. The molecule has 0 radical (unpaired) electrons. The minimum Gasteiger partial charge on any atom is -0.358 e. The first-order valence-corrected chi connectivity index (χ1v) is 10.00. The number of nitriles is 1. The van der Waals surface area contributed by atoms with Gasteiger partial charge >= 0.3 is 0 Å².